The van der Waals surface area contributed by atoms with Gasteiger partial charge in [-0.1, -0.05) is 13.0 Å². The van der Waals surface area contributed by atoms with Gasteiger partial charge in [0.2, 0.25) is 0 Å². The summed E-state index contributed by atoms with van der Waals surface area (Å²) in [7, 11) is 0. The highest BCUT2D eigenvalue weighted by atomic mass is 35.5. The zero-order valence-electron chi connectivity index (χ0n) is 10.2. The van der Waals surface area contributed by atoms with Crippen molar-refractivity contribution >= 4 is 24.2 Å². The van der Waals surface area contributed by atoms with Crippen LogP contribution in [-0.4, -0.2) is 6.26 Å². The number of hydrogen-bond acceptors (Lipinski definition) is 2. The Hall–Kier alpha value is -0.180. The quantitative estimate of drug-likeness (QED) is 0.773. The molecule has 1 nitrogen and oxygen atoms in total. The van der Waals surface area contributed by atoms with Gasteiger partial charge in [0.25, 0.3) is 0 Å². The summed E-state index contributed by atoms with van der Waals surface area (Å²) in [5.74, 6) is 0.825. The Labute approximate surface area is 109 Å². The van der Waals surface area contributed by atoms with E-state index in [-0.39, 0.29) is 18.6 Å². The smallest absolute Gasteiger partial charge is 0.00721 e. The van der Waals surface area contributed by atoms with Crippen LogP contribution in [-0.2, 0) is 6.42 Å². The average molecular weight is 260 g/mol. The van der Waals surface area contributed by atoms with Gasteiger partial charge >= 0.3 is 0 Å². The summed E-state index contributed by atoms with van der Waals surface area (Å²) < 4.78 is 0. The molecule has 0 spiro atoms. The molecule has 92 valence electrons. The largest absolute Gasteiger partial charge is 0.344 e. The van der Waals surface area contributed by atoms with Gasteiger partial charge in [0.1, 0.15) is 0 Å². The molecule has 1 aromatic carbocycles. The van der Waals surface area contributed by atoms with Gasteiger partial charge in [0, 0.05) is 4.90 Å². The molecule has 0 heterocycles. The van der Waals surface area contributed by atoms with Crippen molar-refractivity contribution in [2.24, 2.45) is 0 Å². The van der Waals surface area contributed by atoms with Crippen LogP contribution in [0.25, 0.3) is 0 Å². The molecule has 16 heavy (non-hydrogen) atoms. The first-order chi connectivity index (χ1) is 6.85. The van der Waals surface area contributed by atoms with Crippen LogP contribution >= 0.6 is 24.2 Å². The highest BCUT2D eigenvalue weighted by Crippen LogP contribution is 2.35. The van der Waals surface area contributed by atoms with Crippen LogP contribution in [0.3, 0.4) is 0 Å². The third kappa shape index (κ3) is 3.16. The number of hydrogen-bond donors (Lipinski definition) is 1. The summed E-state index contributed by atoms with van der Waals surface area (Å²) in [4.78, 5) is 1.42. The fraction of sp³-hybridized carbons (Fsp3) is 0.538. The summed E-state index contributed by atoms with van der Waals surface area (Å²) >= 11 is 1.85. The van der Waals surface area contributed by atoms with Crippen molar-refractivity contribution in [3.63, 3.8) is 0 Å². The van der Waals surface area contributed by atoms with Gasteiger partial charge in [-0.25, -0.2) is 0 Å². The first-order valence-corrected chi connectivity index (χ1v) is 6.74. The summed E-state index contributed by atoms with van der Waals surface area (Å²) in [6, 6.07) is 7.01. The average Bonchev–Trinajstić information content (AvgIpc) is 2.27. The number of thioether (sulfide) groups is 1. The van der Waals surface area contributed by atoms with E-state index < -0.39 is 0 Å². The lowest BCUT2D eigenvalue weighted by atomic mass is 9.81. The maximum Gasteiger partial charge on any atom is 0.00721 e. The van der Waals surface area contributed by atoms with Crippen LogP contribution in [0.2, 0.25) is 0 Å². The molecule has 0 saturated carbocycles. The van der Waals surface area contributed by atoms with Crippen LogP contribution < -0.4 is 6.15 Å². The van der Waals surface area contributed by atoms with Crippen molar-refractivity contribution in [2.45, 2.75) is 43.4 Å². The lowest BCUT2D eigenvalue weighted by molar-refractivity contribution is 0.538. The van der Waals surface area contributed by atoms with Gasteiger partial charge in [0.15, 0.2) is 0 Å². The maximum atomic E-state index is 2.41. The Morgan fingerprint density at radius 3 is 2.75 bits per heavy atom. The summed E-state index contributed by atoms with van der Waals surface area (Å²) in [5, 5.41) is 0. The molecule has 1 aromatic rings. The molecular formula is C13H22ClNS. The van der Waals surface area contributed by atoms with Crippen LogP contribution in [0, 0.1) is 0 Å². The minimum absolute atomic E-state index is 0. The first kappa shape index (κ1) is 15.8. The number of halogens is 1. The number of aryl methyl sites for hydroxylation is 1. The van der Waals surface area contributed by atoms with Crippen molar-refractivity contribution in [3.05, 3.63) is 29.3 Å². The van der Waals surface area contributed by atoms with E-state index in [1.165, 1.54) is 30.6 Å². The molecule has 1 aliphatic carbocycles. The monoisotopic (exact) mass is 259 g/mol. The Morgan fingerprint density at radius 1 is 1.38 bits per heavy atom. The van der Waals surface area contributed by atoms with E-state index in [1.807, 2.05) is 11.8 Å². The summed E-state index contributed by atoms with van der Waals surface area (Å²) in [5.41, 5.74) is 3.23. The van der Waals surface area contributed by atoms with Crippen LogP contribution in [0.4, 0.5) is 0 Å². The highest BCUT2D eigenvalue weighted by Gasteiger charge is 2.18. The van der Waals surface area contributed by atoms with E-state index in [1.54, 1.807) is 11.1 Å². The van der Waals surface area contributed by atoms with Crippen molar-refractivity contribution < 1.29 is 0 Å². The van der Waals surface area contributed by atoms with Crippen molar-refractivity contribution in [1.82, 2.24) is 6.15 Å². The zero-order valence-corrected chi connectivity index (χ0v) is 11.8. The molecule has 0 radical (unpaired) electrons. The summed E-state index contributed by atoms with van der Waals surface area (Å²) in [6.07, 6.45) is 7.52. The zero-order chi connectivity index (χ0) is 9.97. The molecule has 0 aromatic heterocycles. The summed E-state index contributed by atoms with van der Waals surface area (Å²) in [6.45, 7) is 2.31. The molecule has 1 atom stereocenters. The van der Waals surface area contributed by atoms with E-state index >= 15 is 0 Å². The van der Waals surface area contributed by atoms with Crippen molar-refractivity contribution in [2.75, 3.05) is 6.26 Å². The molecule has 2 rings (SSSR count). The molecule has 0 amide bonds. The molecule has 3 N–H and O–H groups in total. The van der Waals surface area contributed by atoms with Gasteiger partial charge in [-0.05, 0) is 61.1 Å². The Balaban J connectivity index is 0.00000112. The normalized spacial score (nSPS) is 18.0. The van der Waals surface area contributed by atoms with E-state index in [9.17, 15) is 0 Å². The molecular weight excluding hydrogens is 238 g/mol. The lowest BCUT2D eigenvalue weighted by Gasteiger charge is -2.24. The Bertz CT molecular complexity index is 328. The fourth-order valence-electron chi connectivity index (χ4n) is 2.43. The molecule has 0 bridgehead atoms. The van der Waals surface area contributed by atoms with E-state index in [4.69, 9.17) is 0 Å². The molecule has 0 saturated heterocycles. The molecule has 3 heteroatoms. The van der Waals surface area contributed by atoms with Crippen LogP contribution in [0.5, 0.6) is 0 Å². The Morgan fingerprint density at radius 2 is 2.12 bits per heavy atom. The standard InChI is InChI=1S/C13H18S.ClH.H3N/c1-3-10-5-4-6-11-7-8-12(14-2)9-13(10)11;;/h7-10H,3-6H2,1-2H3;1H;1H3. The lowest BCUT2D eigenvalue weighted by Crippen LogP contribution is -2.08. The molecule has 1 unspecified atom stereocenters. The predicted octanol–water partition coefficient (Wildman–Crippen LogP) is 4.82. The minimum atomic E-state index is 0. The highest BCUT2D eigenvalue weighted by molar-refractivity contribution is 7.98. The fourth-order valence-corrected chi connectivity index (χ4v) is 2.88. The van der Waals surface area contributed by atoms with Gasteiger partial charge in [-0.15, -0.1) is 24.2 Å². The molecule has 0 aliphatic heterocycles. The second kappa shape index (κ2) is 7.21. The molecule has 1 aliphatic rings. The minimum Gasteiger partial charge on any atom is -0.344 e. The topological polar surface area (TPSA) is 35.0 Å². The third-order valence-electron chi connectivity index (χ3n) is 3.28. The van der Waals surface area contributed by atoms with Crippen molar-refractivity contribution in [1.29, 1.82) is 0 Å². The second-order valence-electron chi connectivity index (χ2n) is 4.06. The van der Waals surface area contributed by atoms with E-state index in [0.29, 0.717) is 0 Å². The van der Waals surface area contributed by atoms with E-state index in [2.05, 4.69) is 31.4 Å². The van der Waals surface area contributed by atoms with Crippen molar-refractivity contribution in [3.8, 4) is 0 Å². The third-order valence-corrected chi connectivity index (χ3v) is 4.01. The number of rotatable bonds is 2. The SMILES string of the molecule is CCC1CCCc2ccc(SC)cc21.Cl.N. The Kier molecular flexibility index (Phi) is 7.12. The molecule has 0 fully saturated rings. The first-order valence-electron chi connectivity index (χ1n) is 5.52. The number of fused-ring (bicyclic) bond motifs is 1. The second-order valence-corrected chi connectivity index (χ2v) is 4.94. The predicted molar refractivity (Wildman–Crippen MR) is 76.5 cm³/mol. The van der Waals surface area contributed by atoms with Gasteiger partial charge < -0.3 is 6.15 Å². The van der Waals surface area contributed by atoms with Crippen LogP contribution in [0.1, 0.15) is 43.2 Å². The maximum absolute atomic E-state index is 2.41. The van der Waals surface area contributed by atoms with Gasteiger partial charge in [-0.2, -0.15) is 0 Å². The van der Waals surface area contributed by atoms with Gasteiger partial charge in [-0.3, -0.25) is 0 Å². The van der Waals surface area contributed by atoms with E-state index in [0.717, 1.165) is 5.92 Å². The van der Waals surface area contributed by atoms with Gasteiger partial charge in [0.05, 0.1) is 0 Å². The number of benzene rings is 1. The van der Waals surface area contributed by atoms with Crippen LogP contribution in [0.15, 0.2) is 23.1 Å².